The maximum Gasteiger partial charge on any atom is 0.338 e. The predicted octanol–water partition coefficient (Wildman–Crippen LogP) is 2.51. The van der Waals surface area contributed by atoms with Crippen molar-refractivity contribution in [3.8, 4) is 0 Å². The summed E-state index contributed by atoms with van der Waals surface area (Å²) < 4.78 is 5.18. The molecule has 0 aliphatic carbocycles. The smallest absolute Gasteiger partial charge is 0.338 e. The lowest BCUT2D eigenvalue weighted by Crippen LogP contribution is -2.35. The molecular weight excluding hydrogens is 300 g/mol. The summed E-state index contributed by atoms with van der Waals surface area (Å²) in [5, 5.41) is 0.657. The number of amides is 1. The second kappa shape index (κ2) is 5.96. The highest BCUT2D eigenvalue weighted by atomic mass is 32.2. The molecule has 1 atom stereocenters. The number of ether oxygens (including phenoxy) is 1. The van der Waals surface area contributed by atoms with E-state index in [4.69, 9.17) is 4.74 Å². The molecule has 22 heavy (non-hydrogen) atoms. The SMILES string of the molecule is CCOC(=O)C1=C(C)N2C(=O)CSC2=N[C@@H]1c1ccccc1. The Morgan fingerprint density at radius 3 is 2.82 bits per heavy atom. The van der Waals surface area contributed by atoms with Gasteiger partial charge in [-0.25, -0.2) is 9.79 Å². The highest BCUT2D eigenvalue weighted by Crippen LogP contribution is 2.39. The first-order valence-electron chi connectivity index (χ1n) is 7.10. The van der Waals surface area contributed by atoms with Crippen molar-refractivity contribution < 1.29 is 14.3 Å². The molecule has 0 unspecified atom stereocenters. The van der Waals surface area contributed by atoms with Crippen LogP contribution in [0.3, 0.4) is 0 Å². The molecule has 2 aliphatic rings. The lowest BCUT2D eigenvalue weighted by atomic mass is 9.96. The fraction of sp³-hybridized carbons (Fsp3) is 0.312. The predicted molar refractivity (Wildman–Crippen MR) is 85.3 cm³/mol. The first-order valence-corrected chi connectivity index (χ1v) is 8.08. The molecule has 1 aromatic carbocycles. The van der Waals surface area contributed by atoms with Gasteiger partial charge in [0.15, 0.2) is 5.17 Å². The van der Waals surface area contributed by atoms with Gasteiger partial charge >= 0.3 is 5.97 Å². The van der Waals surface area contributed by atoms with E-state index in [1.165, 1.54) is 16.7 Å². The molecule has 2 aliphatic heterocycles. The molecule has 0 aromatic heterocycles. The Kier molecular flexibility index (Phi) is 4.02. The number of hydrogen-bond donors (Lipinski definition) is 0. The van der Waals surface area contributed by atoms with E-state index in [2.05, 4.69) is 4.99 Å². The van der Waals surface area contributed by atoms with Gasteiger partial charge in [-0.2, -0.15) is 0 Å². The Bertz CT molecular complexity index is 682. The topological polar surface area (TPSA) is 59.0 Å². The fourth-order valence-corrected chi connectivity index (χ4v) is 3.56. The molecule has 3 rings (SSSR count). The number of carbonyl (C=O) groups excluding carboxylic acids is 2. The summed E-state index contributed by atoms with van der Waals surface area (Å²) in [6.07, 6.45) is 0. The number of nitrogens with zero attached hydrogens (tertiary/aromatic N) is 2. The monoisotopic (exact) mass is 316 g/mol. The zero-order valence-corrected chi connectivity index (χ0v) is 13.2. The third kappa shape index (κ3) is 2.43. The van der Waals surface area contributed by atoms with Crippen molar-refractivity contribution in [3.05, 3.63) is 47.2 Å². The average Bonchev–Trinajstić information content (AvgIpc) is 2.89. The van der Waals surface area contributed by atoms with E-state index >= 15 is 0 Å². The molecule has 1 fully saturated rings. The number of hydrogen-bond acceptors (Lipinski definition) is 5. The maximum absolute atomic E-state index is 12.4. The van der Waals surface area contributed by atoms with E-state index in [0.717, 1.165) is 5.56 Å². The highest BCUT2D eigenvalue weighted by molar-refractivity contribution is 8.15. The van der Waals surface area contributed by atoms with Gasteiger partial charge in [-0.3, -0.25) is 9.69 Å². The summed E-state index contributed by atoms with van der Waals surface area (Å²) in [5.41, 5.74) is 1.97. The number of fused-ring (bicyclic) bond motifs is 1. The van der Waals surface area contributed by atoms with Crippen LogP contribution in [0.2, 0.25) is 0 Å². The molecule has 1 aromatic rings. The molecule has 0 saturated carbocycles. The van der Waals surface area contributed by atoms with Crippen molar-refractivity contribution in [3.63, 3.8) is 0 Å². The van der Waals surface area contributed by atoms with Crippen LogP contribution in [0.4, 0.5) is 0 Å². The van der Waals surface area contributed by atoms with E-state index in [0.29, 0.717) is 22.2 Å². The number of allylic oxidation sites excluding steroid dienone is 1. The van der Waals surface area contributed by atoms with E-state index in [9.17, 15) is 9.59 Å². The van der Waals surface area contributed by atoms with Crippen LogP contribution in [0.15, 0.2) is 46.6 Å². The first-order chi connectivity index (χ1) is 10.6. The standard InChI is InChI=1S/C16H16N2O3S/c1-3-21-15(20)13-10(2)18-12(19)9-22-16(18)17-14(13)11-7-5-4-6-8-11/h4-8,14H,3,9H2,1-2H3/t14-/m1/s1. The van der Waals surface area contributed by atoms with Crippen LogP contribution in [0.25, 0.3) is 0 Å². The van der Waals surface area contributed by atoms with Crippen LogP contribution in [-0.4, -0.2) is 34.3 Å². The summed E-state index contributed by atoms with van der Waals surface area (Å²) in [6.45, 7) is 3.83. The first kappa shape index (κ1) is 14.8. The minimum atomic E-state index is -0.426. The molecule has 114 valence electrons. The van der Waals surface area contributed by atoms with E-state index < -0.39 is 12.0 Å². The van der Waals surface area contributed by atoms with E-state index in [-0.39, 0.29) is 12.5 Å². The summed E-state index contributed by atoms with van der Waals surface area (Å²) in [6, 6.07) is 9.17. The summed E-state index contributed by atoms with van der Waals surface area (Å²) in [4.78, 5) is 30.6. The average molecular weight is 316 g/mol. The molecule has 1 amide bonds. The van der Waals surface area contributed by atoms with Gasteiger partial charge < -0.3 is 4.74 Å². The Labute approximate surface area is 133 Å². The Hall–Kier alpha value is -2.08. The van der Waals surface area contributed by atoms with Gasteiger partial charge in [0.25, 0.3) is 0 Å². The Morgan fingerprint density at radius 2 is 2.14 bits per heavy atom. The normalized spacial score (nSPS) is 20.8. The van der Waals surface area contributed by atoms with Crippen molar-refractivity contribution in [2.75, 3.05) is 12.4 Å². The van der Waals surface area contributed by atoms with Crippen LogP contribution in [0, 0.1) is 0 Å². The third-order valence-electron chi connectivity index (χ3n) is 3.61. The maximum atomic E-state index is 12.4. The number of esters is 1. The Balaban J connectivity index is 2.10. The molecular formula is C16H16N2O3S. The highest BCUT2D eigenvalue weighted by Gasteiger charge is 2.39. The zero-order valence-electron chi connectivity index (χ0n) is 12.4. The zero-order chi connectivity index (χ0) is 15.7. The molecule has 1 saturated heterocycles. The lowest BCUT2D eigenvalue weighted by Gasteiger charge is -2.29. The van der Waals surface area contributed by atoms with Crippen molar-refractivity contribution in [1.82, 2.24) is 4.90 Å². The van der Waals surface area contributed by atoms with Crippen molar-refractivity contribution >= 4 is 28.8 Å². The van der Waals surface area contributed by atoms with Gasteiger partial charge in [0.05, 0.1) is 17.9 Å². The minimum Gasteiger partial charge on any atom is -0.463 e. The van der Waals surface area contributed by atoms with Crippen LogP contribution in [0.5, 0.6) is 0 Å². The van der Waals surface area contributed by atoms with Crippen LogP contribution in [0.1, 0.15) is 25.5 Å². The minimum absolute atomic E-state index is 0.0467. The second-order valence-corrected chi connectivity index (χ2v) is 5.90. The number of benzene rings is 1. The third-order valence-corrected chi connectivity index (χ3v) is 4.55. The van der Waals surface area contributed by atoms with Crippen molar-refractivity contribution in [2.45, 2.75) is 19.9 Å². The molecule has 0 radical (unpaired) electrons. The molecule has 0 spiro atoms. The fourth-order valence-electron chi connectivity index (χ4n) is 2.63. The van der Waals surface area contributed by atoms with Gasteiger partial charge in [0.2, 0.25) is 5.91 Å². The van der Waals surface area contributed by atoms with Gasteiger partial charge in [0, 0.05) is 5.70 Å². The van der Waals surface area contributed by atoms with Gasteiger partial charge in [-0.15, -0.1) is 0 Å². The number of carbonyl (C=O) groups is 2. The summed E-state index contributed by atoms with van der Waals surface area (Å²) >= 11 is 1.40. The Morgan fingerprint density at radius 1 is 1.41 bits per heavy atom. The summed E-state index contributed by atoms with van der Waals surface area (Å²) in [5.74, 6) is -0.107. The number of thioether (sulfide) groups is 1. The van der Waals surface area contributed by atoms with E-state index in [1.807, 2.05) is 30.3 Å². The molecule has 0 bridgehead atoms. The van der Waals surface area contributed by atoms with Crippen LogP contribution in [-0.2, 0) is 14.3 Å². The second-order valence-electron chi connectivity index (χ2n) is 4.96. The number of aliphatic imine (C=N–C) groups is 1. The summed E-state index contributed by atoms with van der Waals surface area (Å²) in [7, 11) is 0. The molecule has 6 heteroatoms. The van der Waals surface area contributed by atoms with Crippen LogP contribution >= 0.6 is 11.8 Å². The lowest BCUT2D eigenvalue weighted by molar-refractivity contribution is -0.139. The largest absolute Gasteiger partial charge is 0.463 e. The van der Waals surface area contributed by atoms with Gasteiger partial charge in [-0.05, 0) is 19.4 Å². The molecule has 2 heterocycles. The number of amidine groups is 1. The van der Waals surface area contributed by atoms with Gasteiger partial charge in [-0.1, -0.05) is 42.1 Å². The molecule has 0 N–H and O–H groups in total. The van der Waals surface area contributed by atoms with Gasteiger partial charge in [0.1, 0.15) is 6.04 Å². The number of rotatable bonds is 3. The van der Waals surface area contributed by atoms with E-state index in [1.54, 1.807) is 13.8 Å². The van der Waals surface area contributed by atoms with Crippen molar-refractivity contribution in [1.29, 1.82) is 0 Å². The quantitative estimate of drug-likeness (QED) is 0.804. The van der Waals surface area contributed by atoms with Crippen molar-refractivity contribution in [2.24, 2.45) is 4.99 Å². The molecule has 5 nitrogen and oxygen atoms in total. The van der Waals surface area contributed by atoms with Crippen LogP contribution < -0.4 is 0 Å².